The van der Waals surface area contributed by atoms with E-state index in [1.807, 2.05) is 126 Å². The van der Waals surface area contributed by atoms with Crippen LogP contribution < -0.4 is 24.7 Å². The predicted molar refractivity (Wildman–Crippen MR) is 383 cm³/mol. The van der Waals surface area contributed by atoms with Crippen molar-refractivity contribution < 1.29 is 67.8 Å². The van der Waals surface area contributed by atoms with Crippen LogP contribution in [0.15, 0.2) is 103 Å². The first-order valence-electron chi connectivity index (χ1n) is 29.4. The molecular formula is C64H62FI5N8O16. The first-order chi connectivity index (χ1) is 44.8. The van der Waals surface area contributed by atoms with Gasteiger partial charge in [-0.3, -0.25) is 35.1 Å². The summed E-state index contributed by atoms with van der Waals surface area (Å²) in [5.74, 6) is 3.20. The van der Waals surface area contributed by atoms with Gasteiger partial charge < -0.3 is 44.7 Å². The zero-order valence-electron chi connectivity index (χ0n) is 50.2. The highest BCUT2D eigenvalue weighted by Crippen LogP contribution is 2.53. The van der Waals surface area contributed by atoms with Crippen molar-refractivity contribution in [2.45, 2.75) is 82.0 Å². The number of carbonyl (C=O) groups excluding carboxylic acids is 2. The fraction of sp³-hybridized carbons (Fsp3) is 0.375. The van der Waals surface area contributed by atoms with Crippen molar-refractivity contribution >= 4 is 142 Å². The molecule has 2 aliphatic heterocycles. The lowest BCUT2D eigenvalue weighted by atomic mass is 10.0. The Bertz CT molecular complexity index is 4060. The van der Waals surface area contributed by atoms with Crippen LogP contribution >= 0.6 is 113 Å². The number of ether oxygens (including phenoxy) is 5. The van der Waals surface area contributed by atoms with Crippen LogP contribution in [0.4, 0.5) is 21.5 Å². The van der Waals surface area contributed by atoms with Gasteiger partial charge in [0.15, 0.2) is 22.9 Å². The highest BCUT2D eigenvalue weighted by Gasteiger charge is 2.52. The number of aromatic nitrogens is 4. The van der Waals surface area contributed by atoms with Crippen LogP contribution in [0.25, 0.3) is 11.4 Å². The average Bonchev–Trinajstić information content (AvgIpc) is 1.58. The minimum Gasteiger partial charge on any atom is -0.490 e. The highest BCUT2D eigenvalue weighted by molar-refractivity contribution is 14.1. The molecule has 0 saturated heterocycles. The SMILES string of the molecule is C#CC1(COc2ccc(I)cc2[N+](=O)[O-])CC1.CCOC(=O)c1cc2n(n1)-c1cc(I)ccc1OCC21CC1.NC(=O)c1cc2n(n1)-c1cc(I)ccc1OCC21CC1.O=[N+]([O-])c1cc(I)ccc1F.O=[N+]([O-])c1cc(I)ccc1OCC1(CO)CC1.OCC1(CO)CC1. The third-order valence-corrected chi connectivity index (χ3v) is 20.1. The number of fused-ring (bicyclic) bond motifs is 8. The molecule has 2 aromatic heterocycles. The molecule has 7 aliphatic rings. The fourth-order valence-corrected chi connectivity index (χ4v) is 12.1. The molecule has 94 heavy (non-hydrogen) atoms. The van der Waals surface area contributed by atoms with Crippen LogP contribution in [0.5, 0.6) is 23.0 Å². The summed E-state index contributed by atoms with van der Waals surface area (Å²) in [7, 11) is 0. The molecule has 24 nitrogen and oxygen atoms in total. The second-order valence-corrected chi connectivity index (χ2v) is 29.9. The smallest absolute Gasteiger partial charge is 0.358 e. The second-order valence-electron chi connectivity index (χ2n) is 23.7. The van der Waals surface area contributed by atoms with Gasteiger partial charge in [0.2, 0.25) is 5.82 Å². The van der Waals surface area contributed by atoms with Gasteiger partial charge in [0, 0.05) is 57.7 Å². The summed E-state index contributed by atoms with van der Waals surface area (Å²) in [5, 5.41) is 66.9. The van der Waals surface area contributed by atoms with Gasteiger partial charge in [-0.15, -0.1) is 6.42 Å². The van der Waals surface area contributed by atoms with Gasteiger partial charge >= 0.3 is 23.0 Å². The Morgan fingerprint density at radius 3 is 1.37 bits per heavy atom. The van der Waals surface area contributed by atoms with Crippen LogP contribution in [0.2, 0.25) is 0 Å². The molecule has 0 unspecified atom stereocenters. The number of nitrogens with two attached hydrogens (primary N) is 1. The fourth-order valence-electron chi connectivity index (χ4n) is 9.68. The number of rotatable bonds is 15. The van der Waals surface area contributed by atoms with E-state index in [2.05, 4.69) is 61.3 Å². The number of halogens is 6. The molecule has 5 saturated carbocycles. The first-order valence-corrected chi connectivity index (χ1v) is 34.7. The van der Waals surface area contributed by atoms with Gasteiger partial charge in [-0.2, -0.15) is 14.6 Å². The van der Waals surface area contributed by atoms with E-state index in [1.165, 1.54) is 24.3 Å². The quantitative estimate of drug-likeness (QED) is 0.0244. The summed E-state index contributed by atoms with van der Waals surface area (Å²) < 4.78 is 48.7. The molecule has 0 radical (unpaired) electrons. The van der Waals surface area contributed by atoms with Crippen molar-refractivity contribution in [2.75, 3.05) is 52.9 Å². The molecule has 30 heteroatoms. The van der Waals surface area contributed by atoms with Gasteiger partial charge in [-0.05, 0) is 269 Å². The van der Waals surface area contributed by atoms with E-state index in [1.54, 1.807) is 31.2 Å². The lowest BCUT2D eigenvalue weighted by molar-refractivity contribution is -0.387. The third-order valence-electron chi connectivity index (χ3n) is 16.7. The zero-order valence-corrected chi connectivity index (χ0v) is 61.0. The summed E-state index contributed by atoms with van der Waals surface area (Å²) in [6.45, 7) is 4.49. The molecule has 5 fully saturated rings. The Hall–Kier alpha value is -6.12. The molecule has 0 bridgehead atoms. The molecule has 5 aliphatic carbocycles. The minimum atomic E-state index is -0.796. The van der Waals surface area contributed by atoms with Gasteiger partial charge in [0.1, 0.15) is 29.5 Å². The number of aliphatic hydroxyl groups excluding tert-OH is 3. The van der Waals surface area contributed by atoms with Gasteiger partial charge in [0.05, 0.1) is 77.8 Å². The van der Waals surface area contributed by atoms with E-state index in [0.717, 1.165) is 119 Å². The molecule has 4 heterocycles. The van der Waals surface area contributed by atoms with E-state index in [0.29, 0.717) is 48.0 Å². The maximum Gasteiger partial charge on any atom is 0.358 e. The molecule has 5 N–H and O–H groups in total. The lowest BCUT2D eigenvalue weighted by Gasteiger charge is -2.13. The number of aliphatic hydroxyl groups is 3. The maximum absolute atomic E-state index is 12.6. The molecule has 5 aromatic carbocycles. The van der Waals surface area contributed by atoms with Crippen molar-refractivity contribution in [1.82, 2.24) is 19.6 Å². The van der Waals surface area contributed by atoms with Gasteiger partial charge in [0.25, 0.3) is 5.91 Å². The number of amides is 1. The van der Waals surface area contributed by atoms with Crippen molar-refractivity contribution in [1.29, 1.82) is 0 Å². The van der Waals surface area contributed by atoms with Crippen molar-refractivity contribution in [3.05, 3.63) is 180 Å². The van der Waals surface area contributed by atoms with E-state index in [4.69, 9.17) is 51.2 Å². The van der Waals surface area contributed by atoms with E-state index in [-0.39, 0.29) is 75.7 Å². The normalized spacial score (nSPS) is 16.7. The van der Waals surface area contributed by atoms with E-state index < -0.39 is 32.2 Å². The zero-order chi connectivity index (χ0) is 67.9. The van der Waals surface area contributed by atoms with Crippen molar-refractivity contribution in [3.8, 4) is 46.7 Å². The maximum atomic E-state index is 12.6. The number of nitro groups is 3. The molecule has 7 aromatic rings. The average molecular weight is 1850 g/mol. The standard InChI is InChI=1S/C16H15IN2O3.C14H12IN3O2.C12H10INO3.C11H12INO4.C6H3FINO2.C5H10O2/c1-2-21-15(20)11-8-14-16(5-6-16)9-22-13-4-3-10(17)7-12(13)19(14)18-11;15-8-1-2-11-10(5-8)18-12(6-9(17-18)13(16)19)14(3-4-14)7-20-11;1-2-12(5-6-12)8-17-11-4-3-9(13)7-10(11)14(15)16;12-8-1-2-10(9(5-8)13(15)16)17-7-11(6-14)3-4-11;7-5-2-1-4(8)3-6(5)9(10)11;6-3-5(4-7)1-2-5/h3-4,7-8H,2,5-6,9H2,1H3;1-2,5-6H,3-4,7H2,(H2,16,19);1,3-4,7H,5-6,8H2;1-2,5,14H,3-4,6-7H2;1-3H;6-7H,1-4H2. The summed E-state index contributed by atoms with van der Waals surface area (Å²) in [6, 6.07) is 29.1. The largest absolute Gasteiger partial charge is 0.490 e. The Labute approximate surface area is 606 Å². The number of nitro benzene ring substituents is 3. The van der Waals surface area contributed by atoms with Crippen LogP contribution in [0, 0.1) is 82.6 Å². The Morgan fingerprint density at radius 1 is 0.596 bits per heavy atom. The Morgan fingerprint density at radius 2 is 1.00 bits per heavy atom. The first kappa shape index (κ1) is 72.2. The van der Waals surface area contributed by atoms with Crippen LogP contribution in [0.1, 0.15) is 103 Å². The number of hydrogen-bond donors (Lipinski definition) is 4. The minimum absolute atomic E-state index is 0.00877. The third kappa shape index (κ3) is 17.7. The van der Waals surface area contributed by atoms with Gasteiger partial charge in [-0.1, -0.05) is 5.92 Å². The molecule has 0 atom stereocenters. The summed E-state index contributed by atoms with van der Waals surface area (Å²) in [4.78, 5) is 53.7. The van der Waals surface area contributed by atoms with Crippen molar-refractivity contribution in [3.63, 3.8) is 0 Å². The number of carbonyl (C=O) groups is 2. The van der Waals surface area contributed by atoms with Crippen LogP contribution in [-0.2, 0) is 15.6 Å². The van der Waals surface area contributed by atoms with E-state index >= 15 is 0 Å². The summed E-state index contributed by atoms with van der Waals surface area (Å²) in [5.41, 5.74) is 8.97. The number of esters is 1. The number of hydrogen-bond acceptors (Lipinski definition) is 18. The summed E-state index contributed by atoms with van der Waals surface area (Å²) >= 11 is 10.5. The van der Waals surface area contributed by atoms with Crippen LogP contribution in [-0.4, -0.2) is 114 Å². The lowest BCUT2D eigenvalue weighted by Crippen LogP contribution is -2.17. The Balaban J connectivity index is 0.000000137. The number of primary amides is 1. The second kappa shape index (κ2) is 30.5. The molecule has 2 spiro atoms. The predicted octanol–water partition coefficient (Wildman–Crippen LogP) is 12.5. The molecule has 1 amide bonds. The molecule has 496 valence electrons. The highest BCUT2D eigenvalue weighted by atomic mass is 127. The number of terminal acetylenes is 1. The summed E-state index contributed by atoms with van der Waals surface area (Å²) in [6.07, 6.45) is 15.3. The van der Waals surface area contributed by atoms with Crippen molar-refractivity contribution in [2.24, 2.45) is 22.0 Å². The monoisotopic (exact) mass is 1850 g/mol. The van der Waals surface area contributed by atoms with E-state index in [9.17, 15) is 44.3 Å². The van der Waals surface area contributed by atoms with Gasteiger partial charge in [-0.25, -0.2) is 14.2 Å². The van der Waals surface area contributed by atoms with Crippen LogP contribution in [0.3, 0.4) is 0 Å². The topological polar surface area (TPSA) is 332 Å². The number of benzene rings is 5. The molecular weight excluding hydrogens is 1790 g/mol. The molecule has 14 rings (SSSR count). The number of nitrogens with zero attached hydrogens (tertiary/aromatic N) is 7. The Kier molecular flexibility index (Phi) is 23.4.